The molecule has 2 heterocycles. The lowest BCUT2D eigenvalue weighted by atomic mass is 9.92. The first-order valence-corrected chi connectivity index (χ1v) is 7.72. The number of nitrogens with zero attached hydrogens (tertiary/aromatic N) is 2. The maximum absolute atomic E-state index is 11.2. The molecule has 0 spiro atoms. The number of aromatic nitrogens is 2. The largest absolute Gasteiger partial charge is 0.366 e. The predicted octanol–water partition coefficient (Wildman–Crippen LogP) is 2.97. The Morgan fingerprint density at radius 1 is 1.50 bits per heavy atom. The molecule has 1 unspecified atom stereocenters. The maximum atomic E-state index is 11.2. The highest BCUT2D eigenvalue weighted by atomic mass is 35.5. The number of primary amides is 1. The van der Waals surface area contributed by atoms with Gasteiger partial charge >= 0.3 is 0 Å². The summed E-state index contributed by atoms with van der Waals surface area (Å²) in [4.78, 5) is 15.4. The minimum Gasteiger partial charge on any atom is -0.366 e. The molecule has 0 saturated carbocycles. The zero-order chi connectivity index (χ0) is 15.9. The van der Waals surface area contributed by atoms with Gasteiger partial charge < -0.3 is 15.6 Å². The van der Waals surface area contributed by atoms with Gasteiger partial charge in [-0.3, -0.25) is 4.79 Å². The van der Waals surface area contributed by atoms with Crippen LogP contribution in [0.25, 0.3) is 0 Å². The van der Waals surface area contributed by atoms with Crippen molar-refractivity contribution in [2.45, 2.75) is 32.2 Å². The molecule has 116 valence electrons. The Bertz CT molecular complexity index is 738. The Labute approximate surface area is 134 Å². The second kappa shape index (κ2) is 5.65. The number of nitrogens with one attached hydrogen (secondary N) is 1. The van der Waals surface area contributed by atoms with Gasteiger partial charge in [0.25, 0.3) is 0 Å². The van der Waals surface area contributed by atoms with Gasteiger partial charge in [0.05, 0.1) is 16.6 Å². The van der Waals surface area contributed by atoms with Gasteiger partial charge in [-0.2, -0.15) is 0 Å². The van der Waals surface area contributed by atoms with Crippen LogP contribution >= 0.6 is 11.6 Å². The second-order valence-electron chi connectivity index (χ2n) is 5.75. The van der Waals surface area contributed by atoms with Gasteiger partial charge in [-0.05, 0) is 43.9 Å². The highest BCUT2D eigenvalue weighted by Crippen LogP contribution is 2.35. The topological polar surface area (TPSA) is 72.9 Å². The number of fused-ring (bicyclic) bond motifs is 1. The Hall–Kier alpha value is -2.01. The van der Waals surface area contributed by atoms with Crippen molar-refractivity contribution in [2.24, 2.45) is 12.8 Å². The zero-order valence-corrected chi connectivity index (χ0v) is 13.4. The van der Waals surface area contributed by atoms with Crippen LogP contribution in [0.3, 0.4) is 0 Å². The minimum atomic E-state index is -0.528. The number of pyridine rings is 1. The molecule has 2 aromatic heterocycles. The fraction of sp³-hybridized carbons (Fsp3) is 0.375. The van der Waals surface area contributed by atoms with E-state index >= 15 is 0 Å². The summed E-state index contributed by atoms with van der Waals surface area (Å²) in [6.07, 6.45) is 4.71. The lowest BCUT2D eigenvalue weighted by Crippen LogP contribution is -2.19. The molecule has 2 aromatic rings. The number of carbonyl (C=O) groups is 1. The van der Waals surface area contributed by atoms with Crippen LogP contribution < -0.4 is 11.1 Å². The fourth-order valence-electron chi connectivity index (χ4n) is 3.05. The smallest absolute Gasteiger partial charge is 0.250 e. The Morgan fingerprint density at radius 2 is 2.27 bits per heavy atom. The van der Waals surface area contributed by atoms with Crippen LogP contribution in [0.1, 0.15) is 46.2 Å². The van der Waals surface area contributed by atoms with Crippen molar-refractivity contribution in [3.63, 3.8) is 0 Å². The first-order chi connectivity index (χ1) is 10.5. The number of hydrogen-bond donors (Lipinski definition) is 2. The maximum Gasteiger partial charge on any atom is 0.250 e. The molecule has 0 fully saturated rings. The van der Waals surface area contributed by atoms with E-state index in [-0.39, 0.29) is 6.04 Å². The minimum absolute atomic E-state index is 0.188. The molecular weight excluding hydrogens is 300 g/mol. The summed E-state index contributed by atoms with van der Waals surface area (Å²) in [5.41, 5.74) is 9.48. The van der Waals surface area contributed by atoms with Gasteiger partial charge in [0, 0.05) is 24.6 Å². The third-order valence-corrected chi connectivity index (χ3v) is 4.64. The zero-order valence-electron chi connectivity index (χ0n) is 12.7. The van der Waals surface area contributed by atoms with E-state index in [1.165, 1.54) is 23.1 Å². The van der Waals surface area contributed by atoms with Crippen LogP contribution in [0.5, 0.6) is 0 Å². The van der Waals surface area contributed by atoms with Crippen molar-refractivity contribution in [1.82, 2.24) is 9.55 Å². The van der Waals surface area contributed by atoms with Gasteiger partial charge in [-0.15, -0.1) is 0 Å². The summed E-state index contributed by atoms with van der Waals surface area (Å²) in [5, 5.41) is 3.82. The lowest BCUT2D eigenvalue weighted by Gasteiger charge is -2.25. The molecule has 6 heteroatoms. The molecular formula is C16H19ClN4O. The summed E-state index contributed by atoms with van der Waals surface area (Å²) in [5.74, 6) is 0.0607. The Kier molecular flexibility index (Phi) is 3.83. The molecule has 0 aromatic carbocycles. The summed E-state index contributed by atoms with van der Waals surface area (Å²) in [7, 11) is 2.10. The van der Waals surface area contributed by atoms with E-state index in [1.54, 1.807) is 6.07 Å². The number of aryl methyl sites for hydroxylation is 1. The van der Waals surface area contributed by atoms with Crippen LogP contribution in [-0.4, -0.2) is 15.5 Å². The van der Waals surface area contributed by atoms with Crippen LogP contribution in [0, 0.1) is 6.92 Å². The van der Waals surface area contributed by atoms with E-state index in [4.69, 9.17) is 17.3 Å². The monoisotopic (exact) mass is 318 g/mol. The van der Waals surface area contributed by atoms with E-state index in [1.807, 2.05) is 0 Å². The van der Waals surface area contributed by atoms with Crippen molar-refractivity contribution < 1.29 is 4.79 Å². The first kappa shape index (κ1) is 14.9. The highest BCUT2D eigenvalue weighted by molar-refractivity contribution is 6.33. The highest BCUT2D eigenvalue weighted by Gasteiger charge is 2.24. The van der Waals surface area contributed by atoms with E-state index in [0.29, 0.717) is 16.4 Å². The van der Waals surface area contributed by atoms with Crippen molar-refractivity contribution in [1.29, 1.82) is 0 Å². The number of anilines is 1. The molecule has 0 bridgehead atoms. The average Bonchev–Trinajstić information content (AvgIpc) is 2.78. The lowest BCUT2D eigenvalue weighted by molar-refractivity contribution is 0.1000. The van der Waals surface area contributed by atoms with Crippen LogP contribution in [0.4, 0.5) is 5.82 Å². The van der Waals surface area contributed by atoms with Gasteiger partial charge in [-0.1, -0.05) is 11.6 Å². The summed E-state index contributed by atoms with van der Waals surface area (Å²) in [6, 6.07) is 3.96. The molecule has 3 rings (SSSR count). The van der Waals surface area contributed by atoms with E-state index in [9.17, 15) is 4.79 Å². The van der Waals surface area contributed by atoms with Crippen LogP contribution in [-0.2, 0) is 13.5 Å². The molecule has 0 aliphatic heterocycles. The van der Waals surface area contributed by atoms with Gasteiger partial charge in [0.15, 0.2) is 0 Å². The van der Waals surface area contributed by atoms with Gasteiger partial charge in [0.2, 0.25) is 5.91 Å². The third-order valence-electron chi connectivity index (χ3n) is 4.35. The van der Waals surface area contributed by atoms with Crippen molar-refractivity contribution in [2.75, 3.05) is 5.32 Å². The van der Waals surface area contributed by atoms with Crippen LogP contribution in [0.2, 0.25) is 5.02 Å². The summed E-state index contributed by atoms with van der Waals surface area (Å²) < 4.78 is 2.24. The SMILES string of the molecule is Cc1cc2c(n1C)CCCC2Nc1ncc(C(N)=O)cc1Cl. The second-order valence-corrected chi connectivity index (χ2v) is 6.16. The molecule has 3 N–H and O–H groups in total. The number of hydrogen-bond acceptors (Lipinski definition) is 3. The fourth-order valence-corrected chi connectivity index (χ4v) is 3.27. The Balaban J connectivity index is 1.89. The molecule has 1 aliphatic rings. The molecule has 5 nitrogen and oxygen atoms in total. The summed E-state index contributed by atoms with van der Waals surface area (Å²) >= 11 is 6.22. The molecule has 1 aliphatic carbocycles. The first-order valence-electron chi connectivity index (χ1n) is 7.34. The standard InChI is InChI=1S/C16H19ClN4O/c1-9-6-11-13(4-3-5-14(11)21(9)2)20-16-12(17)7-10(8-19-16)15(18)22/h6-8,13H,3-5H2,1-2H3,(H2,18,22)(H,19,20). The van der Waals surface area contributed by atoms with Crippen LogP contribution in [0.15, 0.2) is 18.3 Å². The number of nitrogens with two attached hydrogens (primary N) is 1. The van der Waals surface area contributed by atoms with Gasteiger partial charge in [0.1, 0.15) is 5.82 Å². The molecule has 1 atom stereocenters. The van der Waals surface area contributed by atoms with Crippen molar-refractivity contribution in [3.8, 4) is 0 Å². The normalized spacial score (nSPS) is 17.1. The third kappa shape index (κ3) is 2.57. The molecule has 0 radical (unpaired) electrons. The molecule has 22 heavy (non-hydrogen) atoms. The average molecular weight is 319 g/mol. The van der Waals surface area contributed by atoms with Gasteiger partial charge in [-0.25, -0.2) is 4.98 Å². The number of rotatable bonds is 3. The Morgan fingerprint density at radius 3 is 2.95 bits per heavy atom. The quantitative estimate of drug-likeness (QED) is 0.913. The van der Waals surface area contributed by atoms with Crippen molar-refractivity contribution >= 4 is 23.3 Å². The number of halogens is 1. The molecule has 0 saturated heterocycles. The molecule has 1 amide bonds. The number of amides is 1. The van der Waals surface area contributed by atoms with E-state index in [2.05, 4.69) is 34.9 Å². The summed E-state index contributed by atoms with van der Waals surface area (Å²) in [6.45, 7) is 2.11. The van der Waals surface area contributed by atoms with Crippen molar-refractivity contribution in [3.05, 3.63) is 45.9 Å². The number of carbonyl (C=O) groups excluding carboxylic acids is 1. The predicted molar refractivity (Wildman–Crippen MR) is 87.2 cm³/mol. The van der Waals surface area contributed by atoms with E-state index in [0.717, 1.165) is 19.3 Å². The van der Waals surface area contributed by atoms with E-state index < -0.39 is 5.91 Å².